The highest BCUT2D eigenvalue weighted by Gasteiger charge is 2.55. The Labute approximate surface area is 227 Å². The van der Waals surface area contributed by atoms with E-state index in [0.29, 0.717) is 28.3 Å². The number of benzene rings is 2. The Morgan fingerprint density at radius 3 is 2.51 bits per heavy atom. The number of hydrogen-bond donors (Lipinski definition) is 3. The quantitative estimate of drug-likeness (QED) is 0.385. The minimum absolute atomic E-state index is 0.166. The van der Waals surface area contributed by atoms with Gasteiger partial charge in [0.15, 0.2) is 0 Å². The van der Waals surface area contributed by atoms with Gasteiger partial charge in [0.25, 0.3) is 5.91 Å². The number of aliphatic hydroxyl groups excluding tert-OH is 1. The van der Waals surface area contributed by atoms with Crippen LogP contribution in [0.3, 0.4) is 0 Å². The normalized spacial score (nSPS) is 19.8. The second-order valence-electron chi connectivity index (χ2n) is 9.92. The number of carbonyl (C=O) groups excluding carboxylic acids is 1. The van der Waals surface area contributed by atoms with Crippen LogP contribution in [0.4, 0.5) is 4.79 Å². The van der Waals surface area contributed by atoms with E-state index < -0.39 is 30.2 Å². The van der Waals surface area contributed by atoms with Crippen LogP contribution >= 0.6 is 27.5 Å². The molecule has 1 aliphatic rings. The molecule has 37 heavy (non-hydrogen) atoms. The van der Waals surface area contributed by atoms with Crippen molar-refractivity contribution >= 4 is 45.5 Å². The first kappa shape index (κ1) is 26.8. The van der Waals surface area contributed by atoms with Crippen LogP contribution in [0.5, 0.6) is 0 Å². The van der Waals surface area contributed by atoms with E-state index in [1.165, 1.54) is 22.2 Å². The van der Waals surface area contributed by atoms with E-state index in [2.05, 4.69) is 36.3 Å². The highest BCUT2D eigenvalue weighted by atomic mass is 79.9. The minimum atomic E-state index is -1.47. The van der Waals surface area contributed by atoms with Gasteiger partial charge in [-0.05, 0) is 47.2 Å². The third-order valence-electron chi connectivity index (χ3n) is 5.98. The molecule has 2 atom stereocenters. The number of aromatic nitrogens is 3. The van der Waals surface area contributed by atoms with Crippen LogP contribution in [0.25, 0.3) is 5.69 Å². The first-order chi connectivity index (χ1) is 17.4. The lowest BCUT2D eigenvalue weighted by Gasteiger charge is -2.34. The van der Waals surface area contributed by atoms with Crippen molar-refractivity contribution in [3.63, 3.8) is 0 Å². The first-order valence-electron chi connectivity index (χ1n) is 11.4. The van der Waals surface area contributed by atoms with Gasteiger partial charge in [-0.1, -0.05) is 66.5 Å². The van der Waals surface area contributed by atoms with E-state index in [1.54, 1.807) is 18.2 Å². The molecule has 0 radical (unpaired) electrons. The number of aliphatic imine (C=N–C) groups is 1. The van der Waals surface area contributed by atoms with Crippen LogP contribution in [0.15, 0.2) is 64.6 Å². The molecule has 0 aliphatic carbocycles. The maximum absolute atomic E-state index is 14.3. The van der Waals surface area contributed by atoms with Gasteiger partial charge in [-0.25, -0.2) is 14.5 Å². The maximum Gasteiger partial charge on any atom is 0.434 e. The number of carbonyl (C=O) groups is 2. The van der Waals surface area contributed by atoms with E-state index in [4.69, 9.17) is 11.6 Å². The van der Waals surface area contributed by atoms with Crippen LogP contribution in [0.2, 0.25) is 5.02 Å². The second kappa shape index (κ2) is 10.2. The summed E-state index contributed by atoms with van der Waals surface area (Å²) in [6, 6.07) is 11.2. The molecule has 12 heteroatoms. The summed E-state index contributed by atoms with van der Waals surface area (Å²) in [5.74, 6) is -0.595. The molecule has 0 unspecified atom stereocenters. The predicted molar refractivity (Wildman–Crippen MR) is 142 cm³/mol. The molecule has 194 valence electrons. The van der Waals surface area contributed by atoms with Crippen LogP contribution in [0.1, 0.15) is 44.4 Å². The zero-order chi connectivity index (χ0) is 27.0. The molecule has 1 aromatic heterocycles. The number of halogens is 2. The molecular formula is C25H26BrClN6O4. The summed E-state index contributed by atoms with van der Waals surface area (Å²) in [6.45, 7) is 5.47. The van der Waals surface area contributed by atoms with Gasteiger partial charge >= 0.3 is 6.09 Å². The standard InChI is InChI=1S/C25H26BrClN6O4/c1-24(2,3)12-25(16-5-7-17(26)8-6-16)21(35)33(22(31-25)30-23(36)37)20(11-34)15-4-9-18(27)19(10-15)32-14-28-13-29-32/h4-10,13-14,20,34H,11-12H2,1-3H3,(H,30,31)(H,36,37)/t20-,25-/m1/s1. The molecule has 3 N–H and O–H groups in total. The Hall–Kier alpha value is -3.28. The minimum Gasteiger partial charge on any atom is -0.463 e. The Morgan fingerprint density at radius 2 is 1.95 bits per heavy atom. The fourth-order valence-corrected chi connectivity index (χ4v) is 5.07. The van der Waals surface area contributed by atoms with Gasteiger partial charge in [0.05, 0.1) is 23.4 Å². The van der Waals surface area contributed by atoms with Crippen molar-refractivity contribution in [3.8, 4) is 5.69 Å². The Bertz CT molecular complexity index is 1340. The van der Waals surface area contributed by atoms with Crippen LogP contribution < -0.4 is 5.32 Å². The highest BCUT2D eigenvalue weighted by Crippen LogP contribution is 2.42. The topological polar surface area (TPSA) is 133 Å². The summed E-state index contributed by atoms with van der Waals surface area (Å²) in [4.78, 5) is 34.9. The Kier molecular flexibility index (Phi) is 7.40. The van der Waals surface area contributed by atoms with Crippen LogP contribution in [0, 0.1) is 5.41 Å². The maximum atomic E-state index is 14.3. The molecule has 0 bridgehead atoms. The average molecular weight is 590 g/mol. The first-order valence-corrected chi connectivity index (χ1v) is 12.6. The SMILES string of the molecule is CC(C)(C)C[C@]1(c2ccc(Br)cc2)N/C(=N\C(=O)O)N([C@H](CO)c2ccc(Cl)c(-n3cncn3)c2)C1=O. The number of rotatable bonds is 6. The van der Waals surface area contributed by atoms with E-state index in [-0.39, 0.29) is 11.4 Å². The zero-order valence-electron chi connectivity index (χ0n) is 20.4. The highest BCUT2D eigenvalue weighted by molar-refractivity contribution is 9.10. The molecule has 1 saturated heterocycles. The van der Waals surface area contributed by atoms with Crippen molar-refractivity contribution in [2.45, 2.75) is 38.8 Å². The van der Waals surface area contributed by atoms with Gasteiger partial charge in [-0.3, -0.25) is 9.69 Å². The third-order valence-corrected chi connectivity index (χ3v) is 6.82. The van der Waals surface area contributed by atoms with E-state index >= 15 is 0 Å². The molecule has 1 fully saturated rings. The smallest absolute Gasteiger partial charge is 0.434 e. The fourth-order valence-electron chi connectivity index (χ4n) is 4.60. The van der Waals surface area contributed by atoms with Crippen molar-refractivity contribution < 1.29 is 19.8 Å². The van der Waals surface area contributed by atoms with Crippen molar-refractivity contribution in [1.29, 1.82) is 0 Å². The lowest BCUT2D eigenvalue weighted by atomic mass is 9.75. The van der Waals surface area contributed by atoms with Gasteiger partial charge in [0.2, 0.25) is 5.96 Å². The summed E-state index contributed by atoms with van der Waals surface area (Å²) in [6.07, 6.45) is 1.69. The third kappa shape index (κ3) is 5.39. The Balaban J connectivity index is 1.88. The molecule has 0 saturated carbocycles. The van der Waals surface area contributed by atoms with Gasteiger partial charge in [-0.2, -0.15) is 5.10 Å². The number of aliphatic hydroxyl groups is 1. The van der Waals surface area contributed by atoms with Crippen LogP contribution in [-0.4, -0.2) is 54.4 Å². The molecular weight excluding hydrogens is 564 g/mol. The predicted octanol–water partition coefficient (Wildman–Crippen LogP) is 4.51. The summed E-state index contributed by atoms with van der Waals surface area (Å²) >= 11 is 9.81. The van der Waals surface area contributed by atoms with Crippen molar-refractivity contribution in [1.82, 2.24) is 25.0 Å². The van der Waals surface area contributed by atoms with Crippen LogP contribution in [-0.2, 0) is 10.3 Å². The van der Waals surface area contributed by atoms with Crippen molar-refractivity contribution in [3.05, 3.63) is 75.7 Å². The van der Waals surface area contributed by atoms with Gasteiger partial charge in [-0.15, -0.1) is 4.99 Å². The van der Waals surface area contributed by atoms with Crippen molar-refractivity contribution in [2.75, 3.05) is 6.61 Å². The number of nitrogens with one attached hydrogen (secondary N) is 1. The molecule has 2 heterocycles. The molecule has 0 spiro atoms. The molecule has 1 aliphatic heterocycles. The lowest BCUT2D eigenvalue weighted by molar-refractivity contribution is -0.134. The molecule has 3 aromatic rings. The van der Waals surface area contributed by atoms with Gasteiger partial charge < -0.3 is 15.5 Å². The monoisotopic (exact) mass is 588 g/mol. The van der Waals surface area contributed by atoms with E-state index in [0.717, 1.165) is 4.47 Å². The number of amides is 2. The lowest BCUT2D eigenvalue weighted by Crippen LogP contribution is -2.47. The molecule has 10 nitrogen and oxygen atoms in total. The molecule has 2 amide bonds. The number of carboxylic acid groups (broad SMARTS) is 1. The number of guanidine groups is 1. The van der Waals surface area contributed by atoms with E-state index in [9.17, 15) is 19.8 Å². The van der Waals surface area contributed by atoms with E-state index in [1.807, 2.05) is 45.0 Å². The average Bonchev–Trinajstić information content (AvgIpc) is 3.43. The summed E-state index contributed by atoms with van der Waals surface area (Å²) in [5, 5.41) is 27.7. The second-order valence-corrected chi connectivity index (χ2v) is 11.2. The summed E-state index contributed by atoms with van der Waals surface area (Å²) in [7, 11) is 0. The van der Waals surface area contributed by atoms with Crippen molar-refractivity contribution in [2.24, 2.45) is 10.4 Å². The molecule has 4 rings (SSSR count). The summed E-state index contributed by atoms with van der Waals surface area (Å²) < 4.78 is 2.29. The number of hydrogen-bond acceptors (Lipinski definition) is 5. The largest absolute Gasteiger partial charge is 0.463 e. The zero-order valence-corrected chi connectivity index (χ0v) is 22.7. The fraction of sp³-hybridized carbons (Fsp3) is 0.320. The summed E-state index contributed by atoms with van der Waals surface area (Å²) in [5.41, 5.74) is -0.0162. The van der Waals surface area contributed by atoms with Gasteiger partial charge in [0, 0.05) is 4.47 Å². The molecule has 2 aromatic carbocycles. The number of nitrogens with zero attached hydrogens (tertiary/aromatic N) is 5. The Morgan fingerprint density at radius 1 is 1.24 bits per heavy atom. The van der Waals surface area contributed by atoms with Gasteiger partial charge in [0.1, 0.15) is 18.2 Å².